The Morgan fingerprint density at radius 1 is 1.17 bits per heavy atom. The Kier molecular flexibility index (Phi) is 7.56. The summed E-state index contributed by atoms with van der Waals surface area (Å²) in [4.78, 5) is 26.5. The first-order chi connectivity index (χ1) is 14.2. The van der Waals surface area contributed by atoms with Gasteiger partial charge in [0.25, 0.3) is 5.91 Å². The average Bonchev–Trinajstić information content (AvgIpc) is 3.05. The fraction of sp³-hybridized carbons (Fsp3) is 0.429. The molecule has 9 heteroatoms. The van der Waals surface area contributed by atoms with Crippen LogP contribution in [0.25, 0.3) is 0 Å². The lowest BCUT2D eigenvalue weighted by atomic mass is 9.95. The van der Waals surface area contributed by atoms with Gasteiger partial charge in [-0.15, -0.1) is 11.3 Å². The SMILES string of the molecule is CCOC(=O)c1c(N[C@@H](NC(=O)c2ccc(C)cc2)C(Cl)(Cl)Cl)sc2c1CCCC2. The highest BCUT2D eigenvalue weighted by Gasteiger charge is 2.37. The Bertz CT molecular complexity index is 923. The van der Waals surface area contributed by atoms with Gasteiger partial charge < -0.3 is 15.4 Å². The molecule has 0 aliphatic heterocycles. The third-order valence-corrected chi connectivity index (χ3v) is 6.72. The number of amides is 1. The van der Waals surface area contributed by atoms with Crippen molar-refractivity contribution >= 4 is 63.0 Å². The molecular formula is C21H23Cl3N2O3S. The largest absolute Gasteiger partial charge is 0.462 e. The first-order valence-corrected chi connectivity index (χ1v) is 11.7. The van der Waals surface area contributed by atoms with Crippen molar-refractivity contribution in [3.05, 3.63) is 51.4 Å². The van der Waals surface area contributed by atoms with Crippen LogP contribution in [0.2, 0.25) is 0 Å². The number of carbonyl (C=O) groups is 2. The van der Waals surface area contributed by atoms with Crippen molar-refractivity contribution in [2.75, 3.05) is 11.9 Å². The summed E-state index contributed by atoms with van der Waals surface area (Å²) in [6.07, 6.45) is 2.71. The normalized spacial score (nSPS) is 14.6. The van der Waals surface area contributed by atoms with Gasteiger partial charge in [-0.1, -0.05) is 52.5 Å². The first-order valence-electron chi connectivity index (χ1n) is 9.73. The maximum atomic E-state index is 12.7. The highest BCUT2D eigenvalue weighted by Crippen LogP contribution is 2.40. The van der Waals surface area contributed by atoms with Crippen molar-refractivity contribution in [1.82, 2.24) is 5.32 Å². The summed E-state index contributed by atoms with van der Waals surface area (Å²) in [6, 6.07) is 7.07. The maximum Gasteiger partial charge on any atom is 0.341 e. The number of thiophene rings is 1. The van der Waals surface area contributed by atoms with Crippen molar-refractivity contribution in [3.63, 3.8) is 0 Å². The van der Waals surface area contributed by atoms with Crippen LogP contribution in [0.5, 0.6) is 0 Å². The predicted octanol–water partition coefficient (Wildman–Crippen LogP) is 5.65. The van der Waals surface area contributed by atoms with Crippen LogP contribution in [0, 0.1) is 6.92 Å². The van der Waals surface area contributed by atoms with Gasteiger partial charge in [-0.05, 0) is 57.2 Å². The van der Waals surface area contributed by atoms with Crippen LogP contribution in [0.15, 0.2) is 24.3 Å². The van der Waals surface area contributed by atoms with Gasteiger partial charge in [-0.25, -0.2) is 4.79 Å². The topological polar surface area (TPSA) is 67.4 Å². The molecule has 1 aliphatic rings. The van der Waals surface area contributed by atoms with Gasteiger partial charge in [0.05, 0.1) is 12.2 Å². The van der Waals surface area contributed by atoms with Crippen molar-refractivity contribution in [2.45, 2.75) is 49.5 Å². The second kappa shape index (κ2) is 9.77. The molecule has 162 valence electrons. The van der Waals surface area contributed by atoms with Gasteiger partial charge in [0.1, 0.15) is 11.2 Å². The summed E-state index contributed by atoms with van der Waals surface area (Å²) in [5.74, 6) is -0.801. The Labute approximate surface area is 195 Å². The number of rotatable bonds is 6. The third-order valence-electron chi connectivity index (χ3n) is 4.84. The number of nitrogens with one attached hydrogen (secondary N) is 2. The van der Waals surface area contributed by atoms with E-state index in [4.69, 9.17) is 39.5 Å². The molecule has 1 aromatic heterocycles. The molecule has 2 aromatic rings. The number of hydrogen-bond donors (Lipinski definition) is 2. The van der Waals surface area contributed by atoms with Crippen molar-refractivity contribution in [1.29, 1.82) is 0 Å². The Balaban J connectivity index is 1.90. The van der Waals surface area contributed by atoms with Gasteiger partial charge in [0.2, 0.25) is 3.79 Å². The quantitative estimate of drug-likeness (QED) is 0.312. The number of esters is 1. The van der Waals surface area contributed by atoms with E-state index in [1.54, 1.807) is 19.1 Å². The van der Waals surface area contributed by atoms with E-state index in [2.05, 4.69) is 10.6 Å². The molecule has 5 nitrogen and oxygen atoms in total. The molecule has 1 heterocycles. The standard InChI is InChI=1S/C21H23Cl3N2O3S/c1-3-29-19(28)16-14-6-4-5-7-15(14)30-18(16)26-20(21(22,23)24)25-17(27)13-10-8-12(2)9-11-13/h8-11,20,26H,3-7H2,1-2H3,(H,25,27)/t20-/m1/s1. The lowest BCUT2D eigenvalue weighted by Crippen LogP contribution is -2.49. The second-order valence-electron chi connectivity index (χ2n) is 7.09. The summed E-state index contributed by atoms with van der Waals surface area (Å²) in [5, 5.41) is 6.36. The second-order valence-corrected chi connectivity index (χ2v) is 10.6. The zero-order valence-corrected chi connectivity index (χ0v) is 19.8. The van der Waals surface area contributed by atoms with Crippen molar-refractivity contribution in [3.8, 4) is 0 Å². The number of halogens is 3. The van der Waals surface area contributed by atoms with Gasteiger partial charge in [0.15, 0.2) is 0 Å². The lowest BCUT2D eigenvalue weighted by molar-refractivity contribution is 0.0526. The number of ether oxygens (including phenoxy) is 1. The zero-order chi connectivity index (χ0) is 21.9. The van der Waals surface area contributed by atoms with Gasteiger partial charge >= 0.3 is 5.97 Å². The van der Waals surface area contributed by atoms with Crippen LogP contribution < -0.4 is 10.6 Å². The minimum atomic E-state index is -1.85. The van der Waals surface area contributed by atoms with Crippen LogP contribution in [0.4, 0.5) is 5.00 Å². The number of benzene rings is 1. The highest BCUT2D eigenvalue weighted by molar-refractivity contribution is 7.16. The van der Waals surface area contributed by atoms with Gasteiger partial charge in [-0.3, -0.25) is 4.79 Å². The number of hydrogen-bond acceptors (Lipinski definition) is 5. The number of carbonyl (C=O) groups excluding carboxylic acids is 2. The molecule has 0 radical (unpaired) electrons. The highest BCUT2D eigenvalue weighted by atomic mass is 35.6. The predicted molar refractivity (Wildman–Crippen MR) is 123 cm³/mol. The van der Waals surface area contributed by atoms with Crippen molar-refractivity contribution in [2.24, 2.45) is 0 Å². The molecule has 3 rings (SSSR count). The molecule has 0 fully saturated rings. The average molecular weight is 490 g/mol. The molecule has 2 N–H and O–H groups in total. The molecule has 0 saturated heterocycles. The van der Waals surface area contributed by atoms with E-state index in [1.807, 2.05) is 19.1 Å². The van der Waals surface area contributed by atoms with Gasteiger partial charge in [0, 0.05) is 10.4 Å². The molecule has 0 bridgehead atoms. The first kappa shape index (κ1) is 23.2. The van der Waals surface area contributed by atoms with Crippen LogP contribution in [0.3, 0.4) is 0 Å². The van der Waals surface area contributed by atoms with Crippen LogP contribution in [-0.4, -0.2) is 28.4 Å². The van der Waals surface area contributed by atoms with E-state index in [1.165, 1.54) is 11.3 Å². The van der Waals surface area contributed by atoms with E-state index >= 15 is 0 Å². The number of alkyl halides is 3. The van der Waals surface area contributed by atoms with E-state index in [-0.39, 0.29) is 6.61 Å². The fourth-order valence-electron chi connectivity index (χ4n) is 3.34. The van der Waals surface area contributed by atoms with E-state index in [0.717, 1.165) is 41.7 Å². The molecule has 0 spiro atoms. The fourth-order valence-corrected chi connectivity index (χ4v) is 4.97. The molecule has 0 saturated carbocycles. The van der Waals surface area contributed by atoms with E-state index in [0.29, 0.717) is 16.1 Å². The molecule has 1 amide bonds. The summed E-state index contributed by atoms with van der Waals surface area (Å²) in [7, 11) is 0. The summed E-state index contributed by atoms with van der Waals surface area (Å²) >= 11 is 19.9. The summed E-state index contributed by atoms with van der Waals surface area (Å²) in [5.41, 5.74) is 2.93. The molecule has 1 aliphatic carbocycles. The third kappa shape index (κ3) is 5.41. The summed E-state index contributed by atoms with van der Waals surface area (Å²) in [6.45, 7) is 3.96. The minimum absolute atomic E-state index is 0.265. The zero-order valence-electron chi connectivity index (χ0n) is 16.7. The molecule has 1 aromatic carbocycles. The maximum absolute atomic E-state index is 12.7. The lowest BCUT2D eigenvalue weighted by Gasteiger charge is -2.27. The van der Waals surface area contributed by atoms with Gasteiger partial charge in [-0.2, -0.15) is 0 Å². The van der Waals surface area contributed by atoms with Crippen molar-refractivity contribution < 1.29 is 14.3 Å². The molecule has 0 unspecified atom stereocenters. The van der Waals surface area contributed by atoms with Crippen LogP contribution in [-0.2, 0) is 17.6 Å². The minimum Gasteiger partial charge on any atom is -0.462 e. The Morgan fingerprint density at radius 2 is 1.83 bits per heavy atom. The number of aryl methyl sites for hydroxylation is 2. The Hall–Kier alpha value is -1.47. The van der Waals surface area contributed by atoms with Crippen LogP contribution in [0.1, 0.15) is 56.5 Å². The van der Waals surface area contributed by atoms with E-state index in [9.17, 15) is 9.59 Å². The molecular weight excluding hydrogens is 467 g/mol. The monoisotopic (exact) mass is 488 g/mol. The van der Waals surface area contributed by atoms with E-state index < -0.39 is 21.8 Å². The summed E-state index contributed by atoms with van der Waals surface area (Å²) < 4.78 is 3.41. The Morgan fingerprint density at radius 3 is 2.47 bits per heavy atom. The molecule has 30 heavy (non-hydrogen) atoms. The molecule has 1 atom stereocenters. The number of fused-ring (bicyclic) bond motifs is 1. The smallest absolute Gasteiger partial charge is 0.341 e. The number of anilines is 1. The van der Waals surface area contributed by atoms with Crippen LogP contribution >= 0.6 is 46.1 Å².